The van der Waals surface area contributed by atoms with Gasteiger partial charge < -0.3 is 14.2 Å². The lowest BCUT2D eigenvalue weighted by atomic mass is 9.80. The lowest BCUT2D eigenvalue weighted by Crippen LogP contribution is -2.39. The molecule has 34 heavy (non-hydrogen) atoms. The fraction of sp³-hybridized carbons (Fsp3) is 0.250. The molecule has 2 atom stereocenters. The van der Waals surface area contributed by atoms with E-state index in [1.54, 1.807) is 0 Å². The highest BCUT2D eigenvalue weighted by Gasteiger charge is 2.45. The molecule has 0 unspecified atom stereocenters. The maximum Gasteiger partial charge on any atom is 0.190 e. The van der Waals surface area contributed by atoms with E-state index in [9.17, 15) is 4.79 Å². The average Bonchev–Trinajstić information content (AvgIpc) is 3.14. The highest BCUT2D eigenvalue weighted by atomic mass is 127. The molecule has 1 fully saturated rings. The van der Waals surface area contributed by atoms with E-state index in [0.717, 1.165) is 18.3 Å². The number of benzene rings is 3. The number of halogens is 2. The summed E-state index contributed by atoms with van der Waals surface area (Å²) >= 11 is 4.41. The molecule has 0 radical (unpaired) electrons. The highest BCUT2D eigenvalue weighted by Crippen LogP contribution is 2.41. The van der Waals surface area contributed by atoms with Crippen LogP contribution in [0.1, 0.15) is 30.5 Å². The molecule has 0 amide bonds. The molecule has 1 saturated heterocycles. The van der Waals surface area contributed by atoms with Crippen LogP contribution >= 0.6 is 45.2 Å². The monoisotopic (exact) mass is 680 g/mol. The van der Waals surface area contributed by atoms with Crippen molar-refractivity contribution >= 4 is 51.0 Å². The van der Waals surface area contributed by atoms with Crippen molar-refractivity contribution < 1.29 is 19.0 Å². The lowest BCUT2D eigenvalue weighted by molar-refractivity contribution is -0.157. The molecule has 1 heterocycles. The Labute approximate surface area is 228 Å². The van der Waals surface area contributed by atoms with E-state index in [0.29, 0.717) is 0 Å². The molecule has 1 aliphatic rings. The summed E-state index contributed by atoms with van der Waals surface area (Å²) in [4.78, 5) is 13.5. The highest BCUT2D eigenvalue weighted by molar-refractivity contribution is 14.2. The Hall–Kier alpha value is -1.59. The minimum Gasteiger partial charge on any atom is -0.353 e. The van der Waals surface area contributed by atoms with Crippen LogP contribution in [0.5, 0.6) is 0 Å². The fourth-order valence-corrected chi connectivity index (χ4v) is 5.02. The van der Waals surface area contributed by atoms with Crippen molar-refractivity contribution in [3.63, 3.8) is 0 Å². The third kappa shape index (κ3) is 5.62. The standard InChI is InChI=1S/C28H26I2O4/c1-27(2)33-24(18-25(29)30)26(34-27)23(31)19-32-28(20-12-6-3-7-13-20,21-14-8-4-9-15-21)22-16-10-5-11-17-22/h3-18,24,26H,19H2,1-2H3/t24-,26-/m0/s1. The summed E-state index contributed by atoms with van der Waals surface area (Å²) in [6, 6.07) is 30.1. The van der Waals surface area contributed by atoms with Gasteiger partial charge in [0.15, 0.2) is 17.7 Å². The summed E-state index contributed by atoms with van der Waals surface area (Å²) < 4.78 is 19.7. The van der Waals surface area contributed by atoms with Gasteiger partial charge in [-0.2, -0.15) is 0 Å². The fourth-order valence-electron chi connectivity index (χ4n) is 4.31. The smallest absolute Gasteiger partial charge is 0.190 e. The molecular formula is C28H26I2O4. The molecule has 0 aromatic heterocycles. The first-order valence-corrected chi connectivity index (χ1v) is 13.2. The quantitative estimate of drug-likeness (QED) is 0.194. The van der Waals surface area contributed by atoms with Gasteiger partial charge in [0.1, 0.15) is 18.3 Å². The first-order valence-electron chi connectivity index (χ1n) is 11.0. The number of ketones is 1. The zero-order valence-corrected chi connectivity index (χ0v) is 23.3. The van der Waals surface area contributed by atoms with Gasteiger partial charge in [0.2, 0.25) is 0 Å². The van der Waals surface area contributed by atoms with Gasteiger partial charge >= 0.3 is 0 Å². The number of hydrogen-bond donors (Lipinski definition) is 0. The van der Waals surface area contributed by atoms with Crippen molar-refractivity contribution in [3.8, 4) is 0 Å². The summed E-state index contributed by atoms with van der Waals surface area (Å²) in [7, 11) is 0. The minimum atomic E-state index is -0.961. The van der Waals surface area contributed by atoms with E-state index in [1.807, 2.05) is 111 Å². The molecule has 3 aromatic rings. The largest absolute Gasteiger partial charge is 0.353 e. The SMILES string of the molecule is CC1(C)O[C@@H](C=C(I)I)[C@H](C(=O)COC(c2ccccc2)(c2ccccc2)c2ccccc2)O1. The van der Waals surface area contributed by atoms with Crippen LogP contribution in [0.3, 0.4) is 0 Å². The van der Waals surface area contributed by atoms with Gasteiger partial charge in [-0.3, -0.25) is 4.79 Å². The van der Waals surface area contributed by atoms with E-state index >= 15 is 0 Å². The van der Waals surface area contributed by atoms with Crippen molar-refractivity contribution in [2.24, 2.45) is 0 Å². The maximum atomic E-state index is 13.5. The van der Waals surface area contributed by atoms with Crippen LogP contribution in [-0.4, -0.2) is 30.4 Å². The number of carbonyl (C=O) groups is 1. The molecule has 0 spiro atoms. The Bertz CT molecular complexity index is 1030. The Balaban J connectivity index is 1.74. The number of hydrogen-bond acceptors (Lipinski definition) is 4. The number of rotatable bonds is 8. The molecule has 4 nitrogen and oxygen atoms in total. The van der Waals surface area contributed by atoms with Crippen LogP contribution in [0.25, 0.3) is 0 Å². The molecule has 176 valence electrons. The Kier molecular flexibility index (Phi) is 8.24. The van der Waals surface area contributed by atoms with Gasteiger partial charge in [0, 0.05) is 0 Å². The first-order chi connectivity index (χ1) is 16.3. The lowest BCUT2D eigenvalue weighted by Gasteiger charge is -2.36. The van der Waals surface area contributed by atoms with Gasteiger partial charge in [-0.25, -0.2) is 0 Å². The van der Waals surface area contributed by atoms with E-state index in [1.165, 1.54) is 0 Å². The molecular weight excluding hydrogens is 654 g/mol. The van der Waals surface area contributed by atoms with Crippen molar-refractivity contribution in [2.45, 2.75) is 37.4 Å². The normalized spacial score (nSPS) is 19.5. The molecule has 0 aliphatic carbocycles. The summed E-state index contributed by atoms with van der Waals surface area (Å²) in [5.74, 6) is -1.01. The van der Waals surface area contributed by atoms with E-state index in [-0.39, 0.29) is 12.4 Å². The van der Waals surface area contributed by atoms with Gasteiger partial charge in [-0.05, 0) is 81.8 Å². The van der Waals surface area contributed by atoms with Gasteiger partial charge in [0.05, 0.1) is 1.59 Å². The molecule has 0 N–H and O–H groups in total. The number of Topliss-reactive ketones (excluding diaryl/α,β-unsaturated/α-hetero) is 1. The first kappa shape index (κ1) is 25.5. The predicted molar refractivity (Wildman–Crippen MR) is 150 cm³/mol. The Morgan fingerprint density at radius 1 is 0.853 bits per heavy atom. The van der Waals surface area contributed by atoms with Crippen LogP contribution < -0.4 is 0 Å². The Morgan fingerprint density at radius 2 is 1.29 bits per heavy atom. The molecule has 6 heteroatoms. The third-order valence-electron chi connectivity index (χ3n) is 5.71. The van der Waals surface area contributed by atoms with Crippen LogP contribution in [0.2, 0.25) is 0 Å². The van der Waals surface area contributed by atoms with Crippen molar-refractivity contribution in [1.82, 2.24) is 0 Å². The topological polar surface area (TPSA) is 44.8 Å². The van der Waals surface area contributed by atoms with Crippen LogP contribution in [0, 0.1) is 0 Å². The molecule has 0 bridgehead atoms. The van der Waals surface area contributed by atoms with Gasteiger partial charge in [0.25, 0.3) is 0 Å². The van der Waals surface area contributed by atoms with E-state index in [2.05, 4.69) is 45.2 Å². The molecule has 4 rings (SSSR count). The van der Waals surface area contributed by atoms with Crippen molar-refractivity contribution in [3.05, 3.63) is 115 Å². The molecule has 0 saturated carbocycles. The summed E-state index contributed by atoms with van der Waals surface area (Å²) in [6.45, 7) is 3.51. The van der Waals surface area contributed by atoms with Gasteiger partial charge in [-0.15, -0.1) is 0 Å². The Morgan fingerprint density at radius 3 is 1.71 bits per heavy atom. The van der Waals surface area contributed by atoms with E-state index < -0.39 is 23.6 Å². The molecule has 1 aliphatic heterocycles. The predicted octanol–water partition coefficient (Wildman–Crippen LogP) is 6.80. The zero-order chi connectivity index (χ0) is 24.2. The summed E-state index contributed by atoms with van der Waals surface area (Å²) in [5, 5.41) is 0. The van der Waals surface area contributed by atoms with Crippen LogP contribution in [0.15, 0.2) is 98.7 Å². The van der Waals surface area contributed by atoms with Crippen LogP contribution in [-0.2, 0) is 24.6 Å². The summed E-state index contributed by atoms with van der Waals surface area (Å²) in [6.07, 6.45) is 0.709. The minimum absolute atomic E-state index is 0.134. The zero-order valence-electron chi connectivity index (χ0n) is 19.0. The van der Waals surface area contributed by atoms with Crippen molar-refractivity contribution in [2.75, 3.05) is 6.61 Å². The maximum absolute atomic E-state index is 13.5. The van der Waals surface area contributed by atoms with E-state index in [4.69, 9.17) is 14.2 Å². The van der Waals surface area contributed by atoms with Crippen molar-refractivity contribution in [1.29, 1.82) is 0 Å². The average molecular weight is 680 g/mol. The van der Waals surface area contributed by atoms with Gasteiger partial charge in [-0.1, -0.05) is 91.0 Å². The molecule has 3 aromatic carbocycles. The second kappa shape index (κ2) is 11.0. The third-order valence-corrected chi connectivity index (χ3v) is 6.43. The number of carbonyl (C=O) groups excluding carboxylic acids is 1. The second-order valence-corrected chi connectivity index (χ2v) is 12.9. The summed E-state index contributed by atoms with van der Waals surface area (Å²) in [5.41, 5.74) is 1.88. The second-order valence-electron chi connectivity index (χ2n) is 8.51. The van der Waals surface area contributed by atoms with Crippen LogP contribution in [0.4, 0.5) is 0 Å². The number of ether oxygens (including phenoxy) is 3.